The van der Waals surface area contributed by atoms with E-state index in [9.17, 15) is 13.2 Å². The summed E-state index contributed by atoms with van der Waals surface area (Å²) in [7, 11) is -3.53. The maximum Gasteiger partial charge on any atom is 0.243 e. The molecule has 1 N–H and O–H groups in total. The van der Waals surface area contributed by atoms with Crippen LogP contribution in [0.15, 0.2) is 29.2 Å². The summed E-state index contributed by atoms with van der Waals surface area (Å²) in [5.74, 6) is 1.00. The van der Waals surface area contributed by atoms with E-state index in [1.54, 1.807) is 24.3 Å². The van der Waals surface area contributed by atoms with Gasteiger partial charge in [0, 0.05) is 42.4 Å². The maximum atomic E-state index is 12.7. The summed E-state index contributed by atoms with van der Waals surface area (Å²) in [5, 5.41) is 3.55. The number of nitrogens with one attached hydrogen (secondary N) is 1. The van der Waals surface area contributed by atoms with Crippen LogP contribution in [0.1, 0.15) is 39.5 Å². The van der Waals surface area contributed by atoms with Crippen LogP contribution in [-0.2, 0) is 14.8 Å². The van der Waals surface area contributed by atoms with Crippen molar-refractivity contribution in [3.8, 4) is 0 Å². The van der Waals surface area contributed by atoms with Crippen LogP contribution in [0.4, 0.5) is 5.69 Å². The Bertz CT molecular complexity index is 779. The highest BCUT2D eigenvalue weighted by Gasteiger charge is 2.34. The number of amides is 1. The molecule has 0 radical (unpaired) electrons. The van der Waals surface area contributed by atoms with Crippen molar-refractivity contribution in [1.29, 1.82) is 0 Å². The topological polar surface area (TPSA) is 69.7 Å². The lowest BCUT2D eigenvalue weighted by Gasteiger charge is -2.43. The molecule has 1 saturated carbocycles. The molecule has 2 unspecified atom stereocenters. The highest BCUT2D eigenvalue weighted by atomic mass is 32.2. The molecule has 28 heavy (non-hydrogen) atoms. The quantitative estimate of drug-likeness (QED) is 0.727. The Balaban J connectivity index is 1.66. The van der Waals surface area contributed by atoms with Crippen molar-refractivity contribution in [2.75, 3.05) is 37.2 Å². The molecular weight excluding hydrogens is 394 g/mol. The smallest absolute Gasteiger partial charge is 0.243 e. The second-order valence-corrected chi connectivity index (χ2v) is 10.7. The summed E-state index contributed by atoms with van der Waals surface area (Å²) in [6.07, 6.45) is 4.95. The van der Waals surface area contributed by atoms with E-state index < -0.39 is 10.0 Å². The van der Waals surface area contributed by atoms with Crippen molar-refractivity contribution < 1.29 is 13.2 Å². The maximum absolute atomic E-state index is 12.7. The van der Waals surface area contributed by atoms with Crippen molar-refractivity contribution in [2.45, 2.75) is 55.7 Å². The first kappa shape index (κ1) is 21.6. The van der Waals surface area contributed by atoms with Gasteiger partial charge < -0.3 is 5.32 Å². The van der Waals surface area contributed by atoms with Gasteiger partial charge in [-0.3, -0.25) is 9.69 Å². The van der Waals surface area contributed by atoms with Crippen LogP contribution in [0.2, 0.25) is 0 Å². The number of carbonyl (C=O) groups excluding carboxylic acids is 1. The summed E-state index contributed by atoms with van der Waals surface area (Å²) in [5.41, 5.74) is 0.532. The second kappa shape index (κ2) is 9.61. The van der Waals surface area contributed by atoms with Gasteiger partial charge in [0.05, 0.1) is 11.4 Å². The summed E-state index contributed by atoms with van der Waals surface area (Å²) >= 11 is 2.05. The highest BCUT2D eigenvalue weighted by molar-refractivity contribution is 8.00. The van der Waals surface area contributed by atoms with E-state index >= 15 is 0 Å². The number of anilines is 1. The molecule has 1 aliphatic carbocycles. The van der Waals surface area contributed by atoms with E-state index in [1.165, 1.54) is 30.0 Å². The fraction of sp³-hybridized carbons (Fsp3) is 0.650. The molecule has 1 saturated heterocycles. The van der Waals surface area contributed by atoms with Gasteiger partial charge in [-0.15, -0.1) is 0 Å². The second-order valence-electron chi connectivity index (χ2n) is 7.40. The summed E-state index contributed by atoms with van der Waals surface area (Å²) in [6.45, 7) is 5.80. The lowest BCUT2D eigenvalue weighted by atomic mass is 9.93. The monoisotopic (exact) mass is 425 g/mol. The fourth-order valence-corrected chi connectivity index (χ4v) is 7.22. The molecule has 2 atom stereocenters. The molecule has 0 spiro atoms. The molecule has 6 nitrogen and oxygen atoms in total. The third kappa shape index (κ3) is 4.90. The molecular formula is C20H31N3O3S2. The first-order valence-corrected chi connectivity index (χ1v) is 12.7. The Kier molecular flexibility index (Phi) is 7.42. The van der Waals surface area contributed by atoms with E-state index in [0.717, 1.165) is 12.3 Å². The number of thioether (sulfide) groups is 1. The van der Waals surface area contributed by atoms with E-state index in [-0.39, 0.29) is 10.8 Å². The Labute approximate surface area is 173 Å². The molecule has 1 heterocycles. The highest BCUT2D eigenvalue weighted by Crippen LogP contribution is 2.35. The number of hydrogen-bond donors (Lipinski definition) is 1. The first-order valence-electron chi connectivity index (χ1n) is 10.2. The average molecular weight is 426 g/mol. The van der Waals surface area contributed by atoms with Gasteiger partial charge in [-0.1, -0.05) is 32.8 Å². The summed E-state index contributed by atoms with van der Waals surface area (Å²) in [6, 6.07) is 7.06. The summed E-state index contributed by atoms with van der Waals surface area (Å²) in [4.78, 5) is 15.2. The van der Waals surface area contributed by atoms with Crippen molar-refractivity contribution in [3.05, 3.63) is 24.3 Å². The van der Waals surface area contributed by atoms with Crippen molar-refractivity contribution in [3.63, 3.8) is 0 Å². The Morgan fingerprint density at radius 2 is 2.00 bits per heavy atom. The van der Waals surface area contributed by atoms with Crippen LogP contribution in [0.25, 0.3) is 0 Å². The minimum atomic E-state index is -3.53. The van der Waals surface area contributed by atoms with Crippen molar-refractivity contribution in [2.24, 2.45) is 0 Å². The van der Waals surface area contributed by atoms with Gasteiger partial charge >= 0.3 is 0 Å². The van der Waals surface area contributed by atoms with Gasteiger partial charge in [0.25, 0.3) is 0 Å². The van der Waals surface area contributed by atoms with Crippen LogP contribution >= 0.6 is 11.8 Å². The molecule has 156 valence electrons. The normalized spacial score (nSPS) is 23.4. The first-order chi connectivity index (χ1) is 13.5. The van der Waals surface area contributed by atoms with Crippen LogP contribution in [0.3, 0.4) is 0 Å². The number of fused-ring (bicyclic) bond motifs is 1. The lowest BCUT2D eigenvalue weighted by Crippen LogP contribution is -2.51. The van der Waals surface area contributed by atoms with E-state index in [1.807, 2.05) is 25.6 Å². The number of benzene rings is 1. The van der Waals surface area contributed by atoms with Crippen molar-refractivity contribution in [1.82, 2.24) is 9.21 Å². The number of nitrogens with zero attached hydrogens (tertiary/aromatic N) is 2. The van der Waals surface area contributed by atoms with Gasteiger partial charge in [-0.25, -0.2) is 8.42 Å². The van der Waals surface area contributed by atoms with Crippen LogP contribution in [0, 0.1) is 0 Å². The molecule has 2 aliphatic rings. The number of sulfonamides is 1. The Morgan fingerprint density at radius 1 is 1.25 bits per heavy atom. The van der Waals surface area contributed by atoms with E-state index in [0.29, 0.717) is 36.6 Å². The standard InChI is InChI=1S/C20H31N3O3S2/c1-3-23(4-2)28(25,26)17-9-7-8-16(14-17)21-20(24)15-22-12-13-27-19-11-6-5-10-18(19)22/h7-9,14,18-19H,3-6,10-13,15H2,1-2H3,(H,21,24). The zero-order valence-corrected chi connectivity index (χ0v) is 18.4. The van der Waals surface area contributed by atoms with Crippen LogP contribution in [-0.4, -0.2) is 66.8 Å². The predicted molar refractivity (Wildman–Crippen MR) is 115 cm³/mol. The average Bonchev–Trinajstić information content (AvgIpc) is 2.69. The molecule has 2 fully saturated rings. The SMILES string of the molecule is CCN(CC)S(=O)(=O)c1cccc(NC(=O)CN2CCSC3CCCCC32)c1. The van der Waals surface area contributed by atoms with Gasteiger partial charge in [0.1, 0.15) is 0 Å². The summed E-state index contributed by atoms with van der Waals surface area (Å²) < 4.78 is 26.8. The van der Waals surface area contributed by atoms with Gasteiger partial charge in [-0.05, 0) is 31.0 Å². The number of carbonyl (C=O) groups is 1. The zero-order chi connectivity index (χ0) is 20.1. The van der Waals surface area contributed by atoms with Crippen LogP contribution in [0.5, 0.6) is 0 Å². The van der Waals surface area contributed by atoms with Gasteiger partial charge in [0.2, 0.25) is 15.9 Å². The predicted octanol–water partition coefficient (Wildman–Crippen LogP) is 3.02. The largest absolute Gasteiger partial charge is 0.325 e. The minimum absolute atomic E-state index is 0.0754. The Hall–Kier alpha value is -1.09. The van der Waals surface area contributed by atoms with Gasteiger partial charge in [0.15, 0.2) is 0 Å². The molecule has 0 bridgehead atoms. The zero-order valence-electron chi connectivity index (χ0n) is 16.8. The third-order valence-electron chi connectivity index (χ3n) is 5.65. The van der Waals surface area contributed by atoms with Crippen molar-refractivity contribution >= 4 is 33.4 Å². The fourth-order valence-electron chi connectivity index (χ4n) is 4.20. The van der Waals surface area contributed by atoms with Crippen LogP contribution < -0.4 is 5.32 Å². The molecule has 1 aliphatic heterocycles. The molecule has 3 rings (SSSR count). The van der Waals surface area contributed by atoms with E-state index in [2.05, 4.69) is 10.2 Å². The van der Waals surface area contributed by atoms with Gasteiger partial charge in [-0.2, -0.15) is 16.1 Å². The third-order valence-corrected chi connectivity index (χ3v) is 9.10. The molecule has 1 aromatic carbocycles. The molecule has 8 heteroatoms. The molecule has 1 amide bonds. The number of rotatable bonds is 7. The van der Waals surface area contributed by atoms with E-state index in [4.69, 9.17) is 0 Å². The Morgan fingerprint density at radius 3 is 2.75 bits per heavy atom. The minimum Gasteiger partial charge on any atom is -0.325 e. The lowest BCUT2D eigenvalue weighted by molar-refractivity contribution is -0.118. The number of hydrogen-bond acceptors (Lipinski definition) is 5. The molecule has 1 aromatic rings. The molecule has 0 aromatic heterocycles.